The Morgan fingerprint density at radius 1 is 1.47 bits per heavy atom. The SMILES string of the molecule is CCNC1CCCN(C(=O)c2ccc(O)cc2O)C1. The number of benzene rings is 1. The Labute approximate surface area is 112 Å². The molecule has 1 heterocycles. The van der Waals surface area contributed by atoms with E-state index < -0.39 is 0 Å². The number of nitrogens with zero attached hydrogens (tertiary/aromatic N) is 1. The maximum atomic E-state index is 12.3. The fourth-order valence-electron chi connectivity index (χ4n) is 2.49. The molecule has 0 spiro atoms. The largest absolute Gasteiger partial charge is 0.508 e. The van der Waals surface area contributed by atoms with Gasteiger partial charge in [-0.2, -0.15) is 0 Å². The number of phenolic OH excluding ortho intramolecular Hbond substituents is 2. The molecule has 2 rings (SSSR count). The average Bonchev–Trinajstić information content (AvgIpc) is 2.39. The summed E-state index contributed by atoms with van der Waals surface area (Å²) in [4.78, 5) is 14.1. The molecule has 1 fully saturated rings. The topological polar surface area (TPSA) is 72.8 Å². The molecule has 1 aliphatic heterocycles. The van der Waals surface area contributed by atoms with E-state index in [1.165, 1.54) is 18.2 Å². The minimum absolute atomic E-state index is 0.0433. The molecule has 0 saturated carbocycles. The van der Waals surface area contributed by atoms with Crippen molar-refractivity contribution >= 4 is 5.91 Å². The van der Waals surface area contributed by atoms with Gasteiger partial charge in [-0.15, -0.1) is 0 Å². The van der Waals surface area contributed by atoms with E-state index in [4.69, 9.17) is 0 Å². The van der Waals surface area contributed by atoms with Crippen LogP contribution in [0.5, 0.6) is 11.5 Å². The maximum absolute atomic E-state index is 12.3. The number of likely N-dealkylation sites (tertiary alicyclic amines) is 1. The molecule has 1 aromatic rings. The Balaban J connectivity index is 2.10. The number of aromatic hydroxyl groups is 2. The second-order valence-corrected chi connectivity index (χ2v) is 4.85. The summed E-state index contributed by atoms with van der Waals surface area (Å²) in [6.45, 7) is 4.30. The molecule has 0 aromatic heterocycles. The van der Waals surface area contributed by atoms with Crippen LogP contribution in [0.2, 0.25) is 0 Å². The predicted molar refractivity (Wildman–Crippen MR) is 72.4 cm³/mol. The summed E-state index contributed by atoms with van der Waals surface area (Å²) in [5, 5.41) is 22.3. The first-order chi connectivity index (χ1) is 9.11. The highest BCUT2D eigenvalue weighted by Crippen LogP contribution is 2.25. The van der Waals surface area contributed by atoms with E-state index in [-0.39, 0.29) is 23.0 Å². The van der Waals surface area contributed by atoms with Crippen LogP contribution in [0.15, 0.2) is 18.2 Å². The second-order valence-electron chi connectivity index (χ2n) is 4.85. The van der Waals surface area contributed by atoms with Gasteiger partial charge in [-0.05, 0) is 31.5 Å². The molecule has 1 unspecified atom stereocenters. The molecule has 0 bridgehead atoms. The molecule has 3 N–H and O–H groups in total. The molecule has 1 amide bonds. The van der Waals surface area contributed by atoms with E-state index in [1.807, 2.05) is 6.92 Å². The van der Waals surface area contributed by atoms with Crippen molar-refractivity contribution in [1.82, 2.24) is 10.2 Å². The highest BCUT2D eigenvalue weighted by atomic mass is 16.3. The van der Waals surface area contributed by atoms with E-state index in [0.717, 1.165) is 19.4 Å². The first-order valence-corrected chi connectivity index (χ1v) is 6.66. The lowest BCUT2D eigenvalue weighted by molar-refractivity contribution is 0.0692. The summed E-state index contributed by atoms with van der Waals surface area (Å²) < 4.78 is 0. The summed E-state index contributed by atoms with van der Waals surface area (Å²) in [7, 11) is 0. The second kappa shape index (κ2) is 5.93. The smallest absolute Gasteiger partial charge is 0.257 e. The third-order valence-corrected chi connectivity index (χ3v) is 3.41. The van der Waals surface area contributed by atoms with Gasteiger partial charge in [0.2, 0.25) is 0 Å². The number of rotatable bonds is 3. The Morgan fingerprint density at radius 3 is 2.95 bits per heavy atom. The molecule has 1 saturated heterocycles. The van der Waals surface area contributed by atoms with Crippen LogP contribution in [0.4, 0.5) is 0 Å². The third kappa shape index (κ3) is 3.17. The van der Waals surface area contributed by atoms with Crippen molar-refractivity contribution in [2.75, 3.05) is 19.6 Å². The lowest BCUT2D eigenvalue weighted by Gasteiger charge is -2.33. The summed E-state index contributed by atoms with van der Waals surface area (Å²) in [6, 6.07) is 4.39. The number of hydrogen-bond donors (Lipinski definition) is 3. The third-order valence-electron chi connectivity index (χ3n) is 3.41. The number of carbonyl (C=O) groups is 1. The van der Waals surface area contributed by atoms with Crippen LogP contribution in [-0.4, -0.2) is 46.7 Å². The number of likely N-dealkylation sites (N-methyl/N-ethyl adjacent to an activating group) is 1. The lowest BCUT2D eigenvalue weighted by Crippen LogP contribution is -2.47. The van der Waals surface area contributed by atoms with Gasteiger partial charge >= 0.3 is 0 Å². The van der Waals surface area contributed by atoms with Gasteiger partial charge in [0, 0.05) is 25.2 Å². The highest BCUT2D eigenvalue weighted by molar-refractivity contribution is 5.97. The molecule has 5 heteroatoms. The molecule has 104 valence electrons. The van der Waals surface area contributed by atoms with Crippen LogP contribution in [0.25, 0.3) is 0 Å². The van der Waals surface area contributed by atoms with Crippen molar-refractivity contribution in [2.45, 2.75) is 25.8 Å². The molecule has 0 aliphatic carbocycles. The number of amides is 1. The molecule has 19 heavy (non-hydrogen) atoms. The average molecular weight is 264 g/mol. The fourth-order valence-corrected chi connectivity index (χ4v) is 2.49. The Morgan fingerprint density at radius 2 is 2.26 bits per heavy atom. The van der Waals surface area contributed by atoms with Crippen LogP contribution < -0.4 is 5.32 Å². The molecular weight excluding hydrogens is 244 g/mol. The van der Waals surface area contributed by atoms with Crippen molar-refractivity contribution in [2.24, 2.45) is 0 Å². The number of hydrogen-bond acceptors (Lipinski definition) is 4. The zero-order valence-corrected chi connectivity index (χ0v) is 11.1. The van der Waals surface area contributed by atoms with Gasteiger partial charge in [0.25, 0.3) is 5.91 Å². The fraction of sp³-hybridized carbons (Fsp3) is 0.500. The first-order valence-electron chi connectivity index (χ1n) is 6.66. The van der Waals surface area contributed by atoms with E-state index in [9.17, 15) is 15.0 Å². The van der Waals surface area contributed by atoms with Gasteiger partial charge < -0.3 is 20.4 Å². The number of carbonyl (C=O) groups excluding carboxylic acids is 1. The highest BCUT2D eigenvalue weighted by Gasteiger charge is 2.25. The first kappa shape index (κ1) is 13.7. The monoisotopic (exact) mass is 264 g/mol. The van der Waals surface area contributed by atoms with Gasteiger partial charge in [0.15, 0.2) is 0 Å². The van der Waals surface area contributed by atoms with Crippen molar-refractivity contribution in [3.63, 3.8) is 0 Å². The lowest BCUT2D eigenvalue weighted by atomic mass is 10.0. The molecular formula is C14H20N2O3. The maximum Gasteiger partial charge on any atom is 0.257 e. The van der Waals surface area contributed by atoms with Crippen molar-refractivity contribution in [3.8, 4) is 11.5 Å². The number of nitrogens with one attached hydrogen (secondary N) is 1. The summed E-state index contributed by atoms with van der Waals surface area (Å²) in [6.07, 6.45) is 2.03. The Kier molecular flexibility index (Phi) is 4.27. The van der Waals surface area contributed by atoms with Crippen LogP contribution in [0.1, 0.15) is 30.1 Å². The Bertz CT molecular complexity index is 460. The van der Waals surface area contributed by atoms with Crippen molar-refractivity contribution < 1.29 is 15.0 Å². The summed E-state index contributed by atoms with van der Waals surface area (Å²) in [5.41, 5.74) is 0.245. The minimum atomic E-state index is -0.180. The molecule has 1 aromatic carbocycles. The zero-order valence-electron chi connectivity index (χ0n) is 11.1. The Hall–Kier alpha value is -1.75. The zero-order chi connectivity index (χ0) is 13.8. The van der Waals surface area contributed by atoms with Crippen molar-refractivity contribution in [1.29, 1.82) is 0 Å². The van der Waals surface area contributed by atoms with Gasteiger partial charge in [-0.25, -0.2) is 0 Å². The number of phenols is 2. The van der Waals surface area contributed by atoms with E-state index in [0.29, 0.717) is 19.1 Å². The van der Waals surface area contributed by atoms with E-state index in [2.05, 4.69) is 5.32 Å². The minimum Gasteiger partial charge on any atom is -0.508 e. The molecule has 5 nitrogen and oxygen atoms in total. The van der Waals surface area contributed by atoms with Gasteiger partial charge in [0.05, 0.1) is 5.56 Å². The van der Waals surface area contributed by atoms with E-state index >= 15 is 0 Å². The van der Waals surface area contributed by atoms with Crippen LogP contribution in [0.3, 0.4) is 0 Å². The normalized spacial score (nSPS) is 19.4. The predicted octanol–water partition coefficient (Wildman–Crippen LogP) is 1.31. The standard InChI is InChI=1S/C14H20N2O3/c1-2-15-10-4-3-7-16(9-10)14(19)12-6-5-11(17)8-13(12)18/h5-6,8,10,15,17-18H,2-4,7,9H2,1H3. The molecule has 0 radical (unpaired) electrons. The van der Waals surface area contributed by atoms with Crippen LogP contribution in [0, 0.1) is 0 Å². The quantitative estimate of drug-likeness (QED) is 0.769. The molecule has 1 atom stereocenters. The van der Waals surface area contributed by atoms with Crippen LogP contribution >= 0.6 is 0 Å². The van der Waals surface area contributed by atoms with Gasteiger partial charge in [-0.1, -0.05) is 6.92 Å². The van der Waals surface area contributed by atoms with Gasteiger partial charge in [-0.3, -0.25) is 4.79 Å². The van der Waals surface area contributed by atoms with E-state index in [1.54, 1.807) is 4.90 Å². The molecule has 1 aliphatic rings. The van der Waals surface area contributed by atoms with Crippen molar-refractivity contribution in [3.05, 3.63) is 23.8 Å². The number of piperidine rings is 1. The summed E-state index contributed by atoms with van der Waals surface area (Å²) >= 11 is 0. The summed E-state index contributed by atoms with van der Waals surface area (Å²) in [5.74, 6) is -0.395. The van der Waals surface area contributed by atoms with Crippen LogP contribution in [-0.2, 0) is 0 Å². The van der Waals surface area contributed by atoms with Gasteiger partial charge in [0.1, 0.15) is 11.5 Å².